The third kappa shape index (κ3) is 4.96. The second-order valence-corrected chi connectivity index (χ2v) is 12.2. The largest absolute Gasteiger partial charge is 0.496 e. The standard InChI is InChI=1S/C31H30FN5O5S/c1-18-5-8-22(9-6-18)43(39,40)37-25(21-7-10-27(33-17-21)36-11-13-42-14-12-36)15-23-30(37)34-29(35-31(23)38)28-19(2)24(32)16-26(41-4)20(28)3/h5-10,15-17H,11-14H2,1-4H3,(H,34,35,38). The number of morpholine rings is 1. The maximum Gasteiger partial charge on any atom is 0.269 e. The van der Waals surface area contributed by atoms with Crippen molar-refractivity contribution in [2.24, 2.45) is 0 Å². The number of aryl methyl sites for hydroxylation is 1. The lowest BCUT2D eigenvalue weighted by Gasteiger charge is -2.27. The van der Waals surface area contributed by atoms with Gasteiger partial charge in [-0.3, -0.25) is 4.79 Å². The summed E-state index contributed by atoms with van der Waals surface area (Å²) < 4.78 is 55.3. The Morgan fingerprint density at radius 1 is 1.00 bits per heavy atom. The summed E-state index contributed by atoms with van der Waals surface area (Å²) in [4.78, 5) is 27.6. The summed E-state index contributed by atoms with van der Waals surface area (Å²) in [6, 6.07) is 12.8. The lowest BCUT2D eigenvalue weighted by molar-refractivity contribution is 0.122. The Labute approximate surface area is 247 Å². The predicted octanol–water partition coefficient (Wildman–Crippen LogP) is 4.60. The molecule has 1 N–H and O–H groups in total. The van der Waals surface area contributed by atoms with Crippen LogP contribution in [0.5, 0.6) is 5.75 Å². The van der Waals surface area contributed by atoms with Crippen LogP contribution in [0.3, 0.4) is 0 Å². The topological polar surface area (TPSA) is 119 Å². The number of rotatable bonds is 6. The number of aromatic nitrogens is 4. The SMILES string of the molecule is COc1cc(F)c(C)c(-c2nc3c(cc(-c4ccc(N5CCOCC5)nc4)n3S(=O)(=O)c3ccc(C)cc3)c(=O)[nH]2)c1C. The van der Waals surface area contributed by atoms with Gasteiger partial charge in [0.25, 0.3) is 15.6 Å². The van der Waals surface area contributed by atoms with Crippen LogP contribution < -0.4 is 15.2 Å². The molecule has 1 saturated heterocycles. The molecule has 2 aromatic carbocycles. The summed E-state index contributed by atoms with van der Waals surface area (Å²) in [6.45, 7) is 7.73. The third-order valence-corrected chi connectivity index (χ3v) is 9.48. The van der Waals surface area contributed by atoms with E-state index in [2.05, 4.69) is 19.9 Å². The van der Waals surface area contributed by atoms with E-state index in [9.17, 15) is 17.6 Å². The van der Waals surface area contributed by atoms with Gasteiger partial charge in [0.05, 0.1) is 36.3 Å². The highest BCUT2D eigenvalue weighted by Crippen LogP contribution is 2.35. The summed E-state index contributed by atoms with van der Waals surface area (Å²) in [5, 5.41) is 0.0605. The van der Waals surface area contributed by atoms with Crippen molar-refractivity contribution in [1.29, 1.82) is 0 Å². The molecule has 0 spiro atoms. The summed E-state index contributed by atoms with van der Waals surface area (Å²) in [6.07, 6.45) is 1.58. The van der Waals surface area contributed by atoms with Crippen LogP contribution in [0, 0.1) is 26.6 Å². The molecule has 222 valence electrons. The molecule has 12 heteroatoms. The molecular formula is C31H30FN5O5S. The molecule has 1 aliphatic rings. The zero-order valence-corrected chi connectivity index (χ0v) is 25.0. The van der Waals surface area contributed by atoms with E-state index in [1.165, 1.54) is 31.4 Å². The fourth-order valence-electron chi connectivity index (χ4n) is 5.38. The van der Waals surface area contributed by atoms with Crippen molar-refractivity contribution in [3.8, 4) is 28.4 Å². The lowest BCUT2D eigenvalue weighted by atomic mass is 10.0. The monoisotopic (exact) mass is 603 g/mol. The average Bonchev–Trinajstić information content (AvgIpc) is 3.41. The van der Waals surface area contributed by atoms with Crippen LogP contribution in [0.1, 0.15) is 16.7 Å². The Morgan fingerprint density at radius 3 is 2.37 bits per heavy atom. The number of hydrogen-bond donors (Lipinski definition) is 1. The van der Waals surface area contributed by atoms with Crippen molar-refractivity contribution in [2.75, 3.05) is 38.3 Å². The fraction of sp³-hybridized carbons (Fsp3) is 0.258. The first kappa shape index (κ1) is 28.6. The Balaban J connectivity index is 1.61. The Morgan fingerprint density at radius 2 is 1.72 bits per heavy atom. The van der Waals surface area contributed by atoms with E-state index >= 15 is 0 Å². The van der Waals surface area contributed by atoms with Gasteiger partial charge < -0.3 is 19.4 Å². The Bertz CT molecular complexity index is 2010. The van der Waals surface area contributed by atoms with Crippen molar-refractivity contribution in [1.82, 2.24) is 18.9 Å². The number of aromatic amines is 1. The van der Waals surface area contributed by atoms with E-state index in [0.717, 1.165) is 15.4 Å². The molecule has 0 amide bonds. The minimum absolute atomic E-state index is 0.0242. The van der Waals surface area contributed by atoms with Crippen LogP contribution in [-0.2, 0) is 14.8 Å². The lowest BCUT2D eigenvalue weighted by Crippen LogP contribution is -2.36. The molecule has 10 nitrogen and oxygen atoms in total. The molecule has 3 aromatic heterocycles. The summed E-state index contributed by atoms with van der Waals surface area (Å²) >= 11 is 0. The van der Waals surface area contributed by atoms with Crippen molar-refractivity contribution in [3.05, 3.63) is 87.6 Å². The number of pyridine rings is 1. The number of hydrogen-bond acceptors (Lipinski definition) is 8. The van der Waals surface area contributed by atoms with Crippen molar-refractivity contribution in [2.45, 2.75) is 25.7 Å². The number of methoxy groups -OCH3 is 1. The Hall–Kier alpha value is -4.55. The summed E-state index contributed by atoms with van der Waals surface area (Å²) in [5.41, 5.74) is 2.03. The highest BCUT2D eigenvalue weighted by atomic mass is 32.2. The van der Waals surface area contributed by atoms with Gasteiger partial charge in [0.15, 0.2) is 5.65 Å². The van der Waals surface area contributed by atoms with Gasteiger partial charge in [-0.2, -0.15) is 0 Å². The van der Waals surface area contributed by atoms with Crippen LogP contribution >= 0.6 is 0 Å². The fourth-order valence-corrected chi connectivity index (χ4v) is 6.86. The van der Waals surface area contributed by atoms with Crippen LogP contribution in [0.2, 0.25) is 0 Å². The first-order valence-corrected chi connectivity index (χ1v) is 15.2. The quantitative estimate of drug-likeness (QED) is 0.299. The molecule has 5 aromatic rings. The van der Waals surface area contributed by atoms with Crippen molar-refractivity contribution < 1.29 is 22.3 Å². The van der Waals surface area contributed by atoms with Crippen LogP contribution in [0.15, 0.2) is 64.4 Å². The molecule has 0 saturated carbocycles. The third-order valence-electron chi connectivity index (χ3n) is 7.76. The highest BCUT2D eigenvalue weighted by molar-refractivity contribution is 7.90. The molecule has 43 heavy (non-hydrogen) atoms. The Kier molecular flexibility index (Phi) is 7.26. The number of nitrogens with zero attached hydrogens (tertiary/aromatic N) is 4. The molecule has 1 fully saturated rings. The smallest absolute Gasteiger partial charge is 0.269 e. The van der Waals surface area contributed by atoms with Crippen LogP contribution in [-0.4, -0.2) is 60.8 Å². The maximum atomic E-state index is 14.9. The summed E-state index contributed by atoms with van der Waals surface area (Å²) in [7, 11) is -2.84. The van der Waals surface area contributed by atoms with Crippen LogP contribution in [0.4, 0.5) is 10.2 Å². The summed E-state index contributed by atoms with van der Waals surface area (Å²) in [5.74, 6) is 0.488. The number of benzene rings is 2. The van der Waals surface area contributed by atoms with Gasteiger partial charge >= 0.3 is 0 Å². The average molecular weight is 604 g/mol. The van der Waals surface area contributed by atoms with E-state index in [4.69, 9.17) is 9.47 Å². The van der Waals surface area contributed by atoms with Gasteiger partial charge in [-0.25, -0.2) is 26.7 Å². The second kappa shape index (κ2) is 10.9. The first-order chi connectivity index (χ1) is 20.6. The number of fused-ring (bicyclic) bond motifs is 1. The van der Waals surface area contributed by atoms with Gasteiger partial charge in [0.1, 0.15) is 23.2 Å². The van der Waals surface area contributed by atoms with Gasteiger partial charge in [0.2, 0.25) is 0 Å². The van der Waals surface area contributed by atoms with E-state index in [1.54, 1.807) is 38.2 Å². The van der Waals surface area contributed by atoms with Gasteiger partial charge in [-0.1, -0.05) is 17.7 Å². The molecule has 0 aliphatic carbocycles. The highest BCUT2D eigenvalue weighted by Gasteiger charge is 2.28. The van der Waals surface area contributed by atoms with Crippen LogP contribution in [0.25, 0.3) is 33.7 Å². The molecule has 0 unspecified atom stereocenters. The molecule has 0 radical (unpaired) electrons. The minimum atomic E-state index is -4.26. The van der Waals surface area contributed by atoms with Gasteiger partial charge in [-0.05, 0) is 56.7 Å². The molecule has 0 atom stereocenters. The van der Waals surface area contributed by atoms with Crippen molar-refractivity contribution >= 4 is 26.9 Å². The van der Waals surface area contributed by atoms with Gasteiger partial charge in [-0.15, -0.1) is 0 Å². The minimum Gasteiger partial charge on any atom is -0.496 e. The number of halogens is 1. The molecule has 4 heterocycles. The van der Waals surface area contributed by atoms with Gasteiger partial charge in [0, 0.05) is 42.0 Å². The zero-order chi connectivity index (χ0) is 30.5. The number of nitrogens with one attached hydrogen (secondary N) is 1. The van der Waals surface area contributed by atoms with Crippen molar-refractivity contribution in [3.63, 3.8) is 0 Å². The van der Waals surface area contributed by atoms with E-state index in [1.807, 2.05) is 13.0 Å². The molecule has 1 aliphatic heterocycles. The van der Waals surface area contributed by atoms with E-state index in [-0.39, 0.29) is 38.8 Å². The number of H-pyrrole nitrogens is 1. The molecule has 0 bridgehead atoms. The molecular weight excluding hydrogens is 573 g/mol. The number of ether oxygens (including phenoxy) is 2. The molecule has 6 rings (SSSR count). The van der Waals surface area contributed by atoms with E-state index in [0.29, 0.717) is 43.0 Å². The first-order valence-electron chi connectivity index (χ1n) is 13.7. The normalized spacial score (nSPS) is 13.9. The second-order valence-electron chi connectivity index (χ2n) is 10.5. The predicted molar refractivity (Wildman–Crippen MR) is 162 cm³/mol. The van der Waals surface area contributed by atoms with E-state index < -0.39 is 21.4 Å². The maximum absolute atomic E-state index is 14.9. The number of anilines is 1. The zero-order valence-electron chi connectivity index (χ0n) is 24.1.